The van der Waals surface area contributed by atoms with Crippen molar-refractivity contribution < 1.29 is 4.57 Å². The highest BCUT2D eigenvalue weighted by Crippen LogP contribution is 2.40. The van der Waals surface area contributed by atoms with Gasteiger partial charge in [-0.3, -0.25) is 9.55 Å². The van der Waals surface area contributed by atoms with Crippen LogP contribution < -0.4 is 10.7 Å². The lowest BCUT2D eigenvalue weighted by Crippen LogP contribution is -2.18. The molecule has 3 aromatic heterocycles. The van der Waals surface area contributed by atoms with E-state index in [1.54, 1.807) is 12.9 Å². The van der Waals surface area contributed by atoms with Crippen molar-refractivity contribution in [1.29, 1.82) is 0 Å². The fraction of sp³-hybridized carbons (Fsp3) is 0.0968. The zero-order chi connectivity index (χ0) is 24.9. The van der Waals surface area contributed by atoms with Crippen LogP contribution in [0.4, 0.5) is 0 Å². The first-order chi connectivity index (χ1) is 17.4. The molecule has 0 saturated carbocycles. The van der Waals surface area contributed by atoms with Gasteiger partial charge in [0.15, 0.2) is 7.14 Å². The van der Waals surface area contributed by atoms with E-state index < -0.39 is 7.14 Å². The van der Waals surface area contributed by atoms with Crippen LogP contribution in [0.5, 0.6) is 0 Å². The summed E-state index contributed by atoms with van der Waals surface area (Å²) in [5.41, 5.74) is 7.13. The Morgan fingerprint density at radius 1 is 0.694 bits per heavy atom. The van der Waals surface area contributed by atoms with E-state index in [1.165, 1.54) is 10.8 Å². The highest BCUT2D eigenvalue weighted by molar-refractivity contribution is 7.77. The lowest BCUT2D eigenvalue weighted by Gasteiger charge is -2.15. The molecule has 0 N–H and O–H groups in total. The molecule has 176 valence electrons. The lowest BCUT2D eigenvalue weighted by molar-refractivity contribution is 0.590. The van der Waals surface area contributed by atoms with E-state index in [2.05, 4.69) is 71.1 Å². The number of fused-ring (bicyclic) bond motifs is 3. The van der Waals surface area contributed by atoms with Gasteiger partial charge in [-0.05, 0) is 79.2 Å². The normalized spacial score (nSPS) is 13.2. The fourth-order valence-electron chi connectivity index (χ4n) is 4.93. The smallest absolute Gasteiger partial charge is 0.157 e. The number of para-hydroxylation sites is 1. The van der Waals surface area contributed by atoms with E-state index in [9.17, 15) is 4.57 Å². The minimum Gasteiger partial charge on any atom is -0.312 e. The van der Waals surface area contributed by atoms with Crippen molar-refractivity contribution in [2.24, 2.45) is 0 Å². The van der Waals surface area contributed by atoms with E-state index in [0.717, 1.165) is 44.4 Å². The Labute approximate surface area is 210 Å². The first-order valence-corrected chi connectivity index (χ1v) is 14.2. The summed E-state index contributed by atoms with van der Waals surface area (Å²) < 4.78 is 16.1. The average Bonchev–Trinajstić information content (AvgIpc) is 3.22. The number of benzene rings is 3. The molecule has 0 saturated heterocycles. The van der Waals surface area contributed by atoms with Crippen molar-refractivity contribution in [3.8, 4) is 16.9 Å². The Balaban J connectivity index is 1.54. The van der Waals surface area contributed by atoms with Gasteiger partial charge in [-0.2, -0.15) is 0 Å². The first-order valence-electron chi connectivity index (χ1n) is 12.0. The number of pyridine rings is 2. The first kappa shape index (κ1) is 22.5. The van der Waals surface area contributed by atoms with Crippen LogP contribution in [0.3, 0.4) is 0 Å². The van der Waals surface area contributed by atoms with Gasteiger partial charge < -0.3 is 4.57 Å². The second-order valence-electron chi connectivity index (χ2n) is 9.39. The maximum Gasteiger partial charge on any atom is 0.157 e. The molecule has 0 radical (unpaired) electrons. The topological polar surface area (TPSA) is 47.8 Å². The minimum absolute atomic E-state index is 0.640. The Morgan fingerprint density at radius 2 is 1.50 bits per heavy atom. The minimum atomic E-state index is -2.83. The summed E-state index contributed by atoms with van der Waals surface area (Å²) in [5.74, 6) is 0.929. The van der Waals surface area contributed by atoms with E-state index in [-0.39, 0.29) is 0 Å². The molecule has 1 atom stereocenters. The van der Waals surface area contributed by atoms with Crippen molar-refractivity contribution in [2.75, 3.05) is 6.66 Å². The van der Waals surface area contributed by atoms with Gasteiger partial charge >= 0.3 is 0 Å². The van der Waals surface area contributed by atoms with Gasteiger partial charge in [0.2, 0.25) is 0 Å². The van der Waals surface area contributed by atoms with E-state index in [0.29, 0.717) is 5.44 Å². The van der Waals surface area contributed by atoms with Crippen molar-refractivity contribution in [1.82, 2.24) is 14.5 Å². The molecule has 0 spiro atoms. The standard InChI is InChI=1S/C31H26N3OP/c1-21-15-17-32-30(18-21)36(3,35)25-10-6-9-23(19-25)24-13-14-27-26-11-4-5-12-28(26)34(29(27)20-24)31-22(2)8-7-16-33-31/h4-20H,1-3H3. The number of hydrogen-bond acceptors (Lipinski definition) is 3. The molecule has 0 amide bonds. The van der Waals surface area contributed by atoms with Crippen molar-refractivity contribution in [3.05, 3.63) is 115 Å². The predicted molar refractivity (Wildman–Crippen MR) is 151 cm³/mol. The number of hydrogen-bond donors (Lipinski definition) is 0. The molecule has 0 fully saturated rings. The molecular formula is C31H26N3OP. The molecular weight excluding hydrogens is 461 g/mol. The molecule has 0 aliphatic carbocycles. The van der Waals surface area contributed by atoms with Crippen molar-refractivity contribution in [2.45, 2.75) is 13.8 Å². The quantitative estimate of drug-likeness (QED) is 0.257. The van der Waals surface area contributed by atoms with Crippen LogP contribution in [0.15, 0.2) is 103 Å². The monoisotopic (exact) mass is 487 g/mol. The van der Waals surface area contributed by atoms with Crippen LogP contribution in [0.1, 0.15) is 11.1 Å². The molecule has 6 aromatic rings. The second kappa shape index (κ2) is 8.58. The van der Waals surface area contributed by atoms with E-state index in [4.69, 9.17) is 4.98 Å². The van der Waals surface area contributed by atoms with Crippen LogP contribution in [0, 0.1) is 13.8 Å². The Kier molecular flexibility index (Phi) is 5.35. The summed E-state index contributed by atoms with van der Waals surface area (Å²) in [6.45, 7) is 5.90. The average molecular weight is 488 g/mol. The molecule has 6 rings (SSSR count). The molecule has 5 heteroatoms. The van der Waals surface area contributed by atoms with Gasteiger partial charge in [0.1, 0.15) is 11.3 Å². The maximum atomic E-state index is 13.9. The van der Waals surface area contributed by atoms with Crippen molar-refractivity contribution >= 4 is 39.7 Å². The van der Waals surface area contributed by atoms with Gasteiger partial charge in [-0.25, -0.2) is 4.98 Å². The van der Waals surface area contributed by atoms with Gasteiger partial charge in [0.05, 0.1) is 11.0 Å². The Bertz CT molecular complexity index is 1820. The summed E-state index contributed by atoms with van der Waals surface area (Å²) in [5, 5.41) is 3.18. The summed E-state index contributed by atoms with van der Waals surface area (Å²) in [7, 11) is -2.83. The zero-order valence-corrected chi connectivity index (χ0v) is 21.4. The molecule has 0 aliphatic heterocycles. The van der Waals surface area contributed by atoms with Crippen molar-refractivity contribution in [3.63, 3.8) is 0 Å². The SMILES string of the molecule is Cc1ccnc(P(C)(=O)c2cccc(-c3ccc4c5ccccc5n(-c5ncccc5C)c4c3)c2)c1. The third kappa shape index (κ3) is 3.66. The number of nitrogens with zero attached hydrogens (tertiary/aromatic N) is 3. The summed E-state index contributed by atoms with van der Waals surface area (Å²) >= 11 is 0. The molecule has 3 heterocycles. The van der Waals surface area contributed by atoms with E-state index >= 15 is 0 Å². The lowest BCUT2D eigenvalue weighted by atomic mass is 10.0. The van der Waals surface area contributed by atoms with Crippen LogP contribution in [0.2, 0.25) is 0 Å². The molecule has 1 unspecified atom stereocenters. The highest BCUT2D eigenvalue weighted by Gasteiger charge is 2.23. The molecule has 36 heavy (non-hydrogen) atoms. The third-order valence-corrected chi connectivity index (χ3v) is 9.26. The predicted octanol–water partition coefficient (Wildman–Crippen LogP) is 6.80. The van der Waals surface area contributed by atoms with Crippen LogP contribution >= 0.6 is 7.14 Å². The highest BCUT2D eigenvalue weighted by atomic mass is 31.2. The van der Waals surface area contributed by atoms with Gasteiger partial charge in [-0.1, -0.05) is 54.6 Å². The molecule has 4 nitrogen and oxygen atoms in total. The van der Waals surface area contributed by atoms with Crippen LogP contribution in [-0.2, 0) is 4.57 Å². The van der Waals surface area contributed by atoms with Gasteiger partial charge in [0.25, 0.3) is 0 Å². The Morgan fingerprint density at radius 3 is 2.33 bits per heavy atom. The second-order valence-corrected chi connectivity index (χ2v) is 12.2. The summed E-state index contributed by atoms with van der Waals surface area (Å²) in [6, 6.07) is 31.0. The molecule has 0 aliphatic rings. The van der Waals surface area contributed by atoms with E-state index in [1.807, 2.05) is 49.5 Å². The van der Waals surface area contributed by atoms with Crippen LogP contribution in [0.25, 0.3) is 38.8 Å². The zero-order valence-electron chi connectivity index (χ0n) is 20.5. The number of aryl methyl sites for hydroxylation is 2. The third-order valence-electron chi connectivity index (χ3n) is 6.88. The number of rotatable bonds is 4. The largest absolute Gasteiger partial charge is 0.312 e. The van der Waals surface area contributed by atoms with Gasteiger partial charge in [0, 0.05) is 28.5 Å². The summed E-state index contributed by atoms with van der Waals surface area (Å²) in [4.78, 5) is 9.16. The molecule has 0 bridgehead atoms. The fourth-order valence-corrected chi connectivity index (χ4v) is 6.68. The van der Waals surface area contributed by atoms with Crippen LogP contribution in [-0.4, -0.2) is 21.2 Å². The maximum absolute atomic E-state index is 13.9. The summed E-state index contributed by atoms with van der Waals surface area (Å²) in [6.07, 6.45) is 3.57. The molecule has 3 aromatic carbocycles. The number of aromatic nitrogens is 3. The Hall–Kier alpha value is -4.01. The van der Waals surface area contributed by atoms with Gasteiger partial charge in [-0.15, -0.1) is 0 Å².